The average Bonchev–Trinajstić information content (AvgIpc) is 2.69. The van der Waals surface area contributed by atoms with E-state index in [0.29, 0.717) is 18.7 Å². The van der Waals surface area contributed by atoms with Gasteiger partial charge < -0.3 is 5.32 Å². The maximum atomic E-state index is 11.4. The lowest BCUT2D eigenvalue weighted by atomic mass is 10.0. The van der Waals surface area contributed by atoms with Crippen LogP contribution in [0.25, 0.3) is 0 Å². The van der Waals surface area contributed by atoms with E-state index < -0.39 is 9.84 Å². The molecule has 6 heteroatoms. The number of aromatic nitrogens is 2. The Balaban J connectivity index is 1.99. The number of rotatable bonds is 3. The van der Waals surface area contributed by atoms with Gasteiger partial charge in [0.15, 0.2) is 9.84 Å². The maximum Gasteiger partial charge on any atom is 0.152 e. The maximum absolute atomic E-state index is 11.4. The van der Waals surface area contributed by atoms with E-state index in [1.165, 1.54) is 0 Å². The molecular weight excluding hydrogens is 226 g/mol. The Kier molecular flexibility index (Phi) is 2.79. The number of nitrogens with one attached hydrogen (secondary N) is 2. The highest BCUT2D eigenvalue weighted by Crippen LogP contribution is 2.23. The predicted octanol–water partition coefficient (Wildman–Crippen LogP) is 0.385. The summed E-state index contributed by atoms with van der Waals surface area (Å²) in [6.07, 6.45) is 2.46. The van der Waals surface area contributed by atoms with Crippen molar-refractivity contribution in [2.45, 2.75) is 32.4 Å². The van der Waals surface area contributed by atoms with Crippen LogP contribution in [0.3, 0.4) is 0 Å². The van der Waals surface area contributed by atoms with Crippen molar-refractivity contribution in [3.63, 3.8) is 0 Å². The van der Waals surface area contributed by atoms with Crippen molar-refractivity contribution in [2.75, 3.05) is 11.5 Å². The van der Waals surface area contributed by atoms with E-state index in [1.807, 2.05) is 13.8 Å². The molecule has 2 N–H and O–H groups in total. The molecule has 0 bridgehead atoms. The van der Waals surface area contributed by atoms with E-state index in [-0.39, 0.29) is 11.3 Å². The van der Waals surface area contributed by atoms with Gasteiger partial charge in [0, 0.05) is 23.3 Å². The normalized spacial score (nSPS) is 28.4. The molecule has 90 valence electrons. The van der Waals surface area contributed by atoms with E-state index in [1.54, 1.807) is 6.20 Å². The van der Waals surface area contributed by atoms with E-state index >= 15 is 0 Å². The molecule has 0 radical (unpaired) electrons. The minimum absolute atomic E-state index is 0.233. The van der Waals surface area contributed by atoms with Crippen LogP contribution in [0.1, 0.15) is 24.6 Å². The zero-order valence-corrected chi connectivity index (χ0v) is 10.4. The lowest BCUT2D eigenvalue weighted by Gasteiger charge is -2.23. The molecule has 1 aliphatic rings. The van der Waals surface area contributed by atoms with Gasteiger partial charge in [-0.2, -0.15) is 5.10 Å². The standard InChI is InChI=1S/C10H17N3O2S/c1-8-9(6-12-13-8)5-11-10(2)3-4-16(14,15)7-10/h6,11H,3-5,7H2,1-2H3,(H,12,13). The Hall–Kier alpha value is -0.880. The summed E-state index contributed by atoms with van der Waals surface area (Å²) in [5.41, 5.74) is 1.82. The monoisotopic (exact) mass is 243 g/mol. The summed E-state index contributed by atoms with van der Waals surface area (Å²) in [6, 6.07) is 0. The lowest BCUT2D eigenvalue weighted by Crippen LogP contribution is -2.42. The zero-order valence-electron chi connectivity index (χ0n) is 9.58. The van der Waals surface area contributed by atoms with Gasteiger partial charge in [0.2, 0.25) is 0 Å². The zero-order chi connectivity index (χ0) is 11.8. The molecule has 1 unspecified atom stereocenters. The number of sulfone groups is 1. The summed E-state index contributed by atoms with van der Waals surface area (Å²) in [5, 5.41) is 10.1. The van der Waals surface area contributed by atoms with Crippen LogP contribution in [-0.4, -0.2) is 35.7 Å². The van der Waals surface area contributed by atoms with Crippen LogP contribution in [0.5, 0.6) is 0 Å². The summed E-state index contributed by atoms with van der Waals surface area (Å²) >= 11 is 0. The highest BCUT2D eigenvalue weighted by molar-refractivity contribution is 7.91. The van der Waals surface area contributed by atoms with Crippen molar-refractivity contribution < 1.29 is 8.42 Å². The predicted molar refractivity (Wildman–Crippen MR) is 61.8 cm³/mol. The summed E-state index contributed by atoms with van der Waals surface area (Å²) in [7, 11) is -2.84. The van der Waals surface area contributed by atoms with Crippen molar-refractivity contribution in [1.82, 2.24) is 15.5 Å². The van der Waals surface area contributed by atoms with E-state index in [4.69, 9.17) is 0 Å². The molecule has 0 amide bonds. The lowest BCUT2D eigenvalue weighted by molar-refractivity contribution is 0.395. The Morgan fingerprint density at radius 3 is 2.88 bits per heavy atom. The van der Waals surface area contributed by atoms with Gasteiger partial charge in [0.1, 0.15) is 0 Å². The average molecular weight is 243 g/mol. The van der Waals surface area contributed by atoms with Crippen molar-refractivity contribution in [1.29, 1.82) is 0 Å². The van der Waals surface area contributed by atoms with Crippen molar-refractivity contribution in [3.05, 3.63) is 17.5 Å². The molecule has 1 saturated heterocycles. The van der Waals surface area contributed by atoms with Crippen LogP contribution in [0, 0.1) is 6.92 Å². The van der Waals surface area contributed by atoms with Gasteiger partial charge in [-0.05, 0) is 20.3 Å². The molecule has 1 aromatic heterocycles. The fraction of sp³-hybridized carbons (Fsp3) is 0.700. The van der Waals surface area contributed by atoms with Crippen LogP contribution in [0.2, 0.25) is 0 Å². The van der Waals surface area contributed by atoms with E-state index in [2.05, 4.69) is 15.5 Å². The highest BCUT2D eigenvalue weighted by Gasteiger charge is 2.37. The largest absolute Gasteiger partial charge is 0.306 e. The van der Waals surface area contributed by atoms with Gasteiger partial charge in [-0.3, -0.25) is 5.10 Å². The Morgan fingerprint density at radius 2 is 2.38 bits per heavy atom. The van der Waals surface area contributed by atoms with Crippen LogP contribution in [0.4, 0.5) is 0 Å². The second-order valence-corrected chi connectivity index (χ2v) is 6.96. The van der Waals surface area contributed by atoms with Gasteiger partial charge in [-0.15, -0.1) is 0 Å². The third-order valence-electron chi connectivity index (χ3n) is 3.14. The molecule has 0 aromatic carbocycles. The molecule has 0 spiro atoms. The van der Waals surface area contributed by atoms with Gasteiger partial charge in [-0.25, -0.2) is 8.42 Å². The molecule has 1 fully saturated rings. The van der Waals surface area contributed by atoms with Gasteiger partial charge >= 0.3 is 0 Å². The molecule has 16 heavy (non-hydrogen) atoms. The Morgan fingerprint density at radius 1 is 1.62 bits per heavy atom. The number of nitrogens with zero attached hydrogens (tertiary/aromatic N) is 1. The Labute approximate surface area is 95.6 Å². The fourth-order valence-corrected chi connectivity index (χ4v) is 4.14. The van der Waals surface area contributed by atoms with E-state index in [0.717, 1.165) is 11.3 Å². The van der Waals surface area contributed by atoms with Crippen LogP contribution < -0.4 is 5.32 Å². The van der Waals surface area contributed by atoms with Crippen molar-refractivity contribution in [3.8, 4) is 0 Å². The highest BCUT2D eigenvalue weighted by atomic mass is 32.2. The first kappa shape index (κ1) is 11.6. The SMILES string of the molecule is Cc1[nH]ncc1CNC1(C)CCS(=O)(=O)C1. The van der Waals surface area contributed by atoms with Crippen molar-refractivity contribution in [2.24, 2.45) is 0 Å². The van der Waals surface area contributed by atoms with Crippen LogP contribution >= 0.6 is 0 Å². The first-order valence-electron chi connectivity index (χ1n) is 5.35. The summed E-state index contributed by atoms with van der Waals surface area (Å²) < 4.78 is 22.8. The molecule has 0 saturated carbocycles. The quantitative estimate of drug-likeness (QED) is 0.805. The third-order valence-corrected chi connectivity index (χ3v) is 5.05. The number of hydrogen-bond donors (Lipinski definition) is 2. The molecule has 2 rings (SSSR count). The van der Waals surface area contributed by atoms with Gasteiger partial charge in [-0.1, -0.05) is 0 Å². The van der Waals surface area contributed by atoms with Crippen LogP contribution in [-0.2, 0) is 16.4 Å². The topological polar surface area (TPSA) is 74.8 Å². The second-order valence-electron chi connectivity index (χ2n) is 4.78. The van der Waals surface area contributed by atoms with Gasteiger partial charge in [0.05, 0.1) is 17.7 Å². The Bertz CT molecular complexity index is 480. The molecule has 1 atom stereocenters. The number of aromatic amines is 1. The second kappa shape index (κ2) is 3.85. The third kappa shape index (κ3) is 2.44. The molecule has 2 heterocycles. The number of hydrogen-bond acceptors (Lipinski definition) is 4. The minimum atomic E-state index is -2.84. The summed E-state index contributed by atoms with van der Waals surface area (Å²) in [4.78, 5) is 0. The number of aryl methyl sites for hydroxylation is 1. The van der Waals surface area contributed by atoms with Crippen molar-refractivity contribution >= 4 is 9.84 Å². The fourth-order valence-electron chi connectivity index (χ4n) is 2.01. The minimum Gasteiger partial charge on any atom is -0.306 e. The van der Waals surface area contributed by atoms with E-state index in [9.17, 15) is 8.42 Å². The first-order valence-corrected chi connectivity index (χ1v) is 7.17. The first-order chi connectivity index (χ1) is 7.40. The molecule has 5 nitrogen and oxygen atoms in total. The molecule has 1 aliphatic heterocycles. The smallest absolute Gasteiger partial charge is 0.152 e. The van der Waals surface area contributed by atoms with Gasteiger partial charge in [0.25, 0.3) is 0 Å². The number of H-pyrrole nitrogens is 1. The van der Waals surface area contributed by atoms with Crippen LogP contribution in [0.15, 0.2) is 6.20 Å². The molecule has 0 aliphatic carbocycles. The molecular formula is C10H17N3O2S. The summed E-state index contributed by atoms with van der Waals surface area (Å²) in [6.45, 7) is 4.58. The molecule has 1 aromatic rings. The summed E-state index contributed by atoms with van der Waals surface area (Å²) in [5.74, 6) is 0.526.